The maximum atomic E-state index is 8.36. The van der Waals surface area contributed by atoms with Crippen molar-refractivity contribution in [2.75, 3.05) is 13.9 Å². The van der Waals surface area contributed by atoms with Crippen LogP contribution in [0.25, 0.3) is 0 Å². The molecule has 0 saturated carbocycles. The van der Waals surface area contributed by atoms with Crippen molar-refractivity contribution in [2.24, 2.45) is 0 Å². The average Bonchev–Trinajstić information content (AvgIpc) is 3.24. The van der Waals surface area contributed by atoms with Crippen LogP contribution in [-0.4, -0.2) is 34.2 Å². The van der Waals surface area contributed by atoms with Crippen molar-refractivity contribution in [3.05, 3.63) is 86.4 Å². The first-order valence-electron chi connectivity index (χ1n) is 8.54. The van der Waals surface area contributed by atoms with Crippen molar-refractivity contribution in [2.45, 2.75) is 12.5 Å². The monoisotopic (exact) mass is 455 g/mol. The average molecular weight is 456 g/mol. The first-order chi connectivity index (χ1) is 14.4. The van der Waals surface area contributed by atoms with Crippen molar-refractivity contribution < 1.29 is 24.5 Å². The van der Waals surface area contributed by atoms with Crippen LogP contribution < -0.4 is 9.47 Å². The van der Waals surface area contributed by atoms with E-state index in [1.165, 1.54) is 0 Å². The predicted molar refractivity (Wildman–Crippen MR) is 110 cm³/mol. The summed E-state index contributed by atoms with van der Waals surface area (Å²) in [5.74, 6) is 2.16. The Kier molecular flexibility index (Phi) is 9.20. The normalized spacial score (nSPS) is 11.2. The Morgan fingerprint density at radius 2 is 1.87 bits per heavy atom. The summed E-state index contributed by atoms with van der Waals surface area (Å²) in [6.45, 7) is 0.0723. The van der Waals surface area contributed by atoms with Crippen LogP contribution in [0.3, 0.4) is 0 Å². The second-order valence-corrected chi connectivity index (χ2v) is 6.59. The molecule has 0 amide bonds. The SMILES string of the molecule is COc1ccc(OCOC(Cc2ccc(Cl)cc2Cl)c2ncc[nH]2)cc1.O=[N+]([O-])O. The third-order valence-corrected chi connectivity index (χ3v) is 4.39. The van der Waals surface area contributed by atoms with E-state index in [1.54, 1.807) is 31.6 Å². The number of nitrogens with one attached hydrogen (secondary N) is 1. The van der Waals surface area contributed by atoms with Gasteiger partial charge in [-0.2, -0.15) is 0 Å². The second-order valence-electron chi connectivity index (χ2n) is 5.75. The fourth-order valence-corrected chi connectivity index (χ4v) is 2.92. The molecule has 1 atom stereocenters. The molecule has 3 aromatic rings. The highest BCUT2D eigenvalue weighted by atomic mass is 35.5. The molecule has 0 aliphatic heterocycles. The van der Waals surface area contributed by atoms with E-state index in [0.29, 0.717) is 28.0 Å². The number of H-pyrrole nitrogens is 1. The van der Waals surface area contributed by atoms with Crippen LogP contribution in [0.2, 0.25) is 10.0 Å². The number of hydrogen-bond acceptors (Lipinski definition) is 6. The summed E-state index contributed by atoms with van der Waals surface area (Å²) in [5.41, 5.74) is 0.918. The molecule has 0 radical (unpaired) electrons. The van der Waals surface area contributed by atoms with E-state index in [2.05, 4.69) is 9.97 Å². The van der Waals surface area contributed by atoms with Gasteiger partial charge in [-0.05, 0) is 42.0 Å². The molecule has 11 heteroatoms. The van der Waals surface area contributed by atoms with Crippen molar-refractivity contribution >= 4 is 23.2 Å². The molecule has 0 aliphatic rings. The minimum Gasteiger partial charge on any atom is -0.497 e. The predicted octanol–water partition coefficient (Wildman–Crippen LogP) is 4.71. The maximum Gasteiger partial charge on any atom is 0.291 e. The molecule has 30 heavy (non-hydrogen) atoms. The maximum absolute atomic E-state index is 8.36. The van der Waals surface area contributed by atoms with Crippen LogP contribution in [0, 0.1) is 10.1 Å². The smallest absolute Gasteiger partial charge is 0.291 e. The van der Waals surface area contributed by atoms with Crippen LogP contribution in [0.5, 0.6) is 11.5 Å². The van der Waals surface area contributed by atoms with Gasteiger partial charge in [-0.3, -0.25) is 0 Å². The summed E-state index contributed by atoms with van der Waals surface area (Å²) in [7, 11) is 1.62. The topological polar surface area (TPSA) is 120 Å². The summed E-state index contributed by atoms with van der Waals surface area (Å²) >= 11 is 12.2. The molecule has 0 aliphatic carbocycles. The number of methoxy groups -OCH3 is 1. The minimum atomic E-state index is -1.50. The lowest BCUT2D eigenvalue weighted by molar-refractivity contribution is -0.742. The van der Waals surface area contributed by atoms with E-state index in [4.69, 9.17) is 52.7 Å². The molecule has 0 saturated heterocycles. The van der Waals surface area contributed by atoms with Crippen molar-refractivity contribution in [1.82, 2.24) is 9.97 Å². The highest BCUT2D eigenvalue weighted by Gasteiger charge is 2.17. The Morgan fingerprint density at radius 1 is 1.20 bits per heavy atom. The van der Waals surface area contributed by atoms with Gasteiger partial charge >= 0.3 is 0 Å². The van der Waals surface area contributed by atoms with Crippen molar-refractivity contribution in [1.29, 1.82) is 0 Å². The third-order valence-electron chi connectivity index (χ3n) is 3.80. The van der Waals surface area contributed by atoms with Gasteiger partial charge in [-0.15, -0.1) is 10.1 Å². The molecule has 0 bridgehead atoms. The number of rotatable bonds is 8. The first-order valence-corrected chi connectivity index (χ1v) is 9.29. The number of nitrogens with zero attached hydrogens (tertiary/aromatic N) is 2. The van der Waals surface area contributed by atoms with Crippen LogP contribution in [-0.2, 0) is 11.2 Å². The molecule has 1 heterocycles. The Morgan fingerprint density at radius 3 is 2.43 bits per heavy atom. The molecule has 0 spiro atoms. The molecule has 1 unspecified atom stereocenters. The molecule has 3 rings (SSSR count). The number of imidazole rings is 1. The van der Waals surface area contributed by atoms with Crippen molar-refractivity contribution in [3.8, 4) is 11.5 Å². The van der Waals surface area contributed by atoms with Gasteiger partial charge in [0, 0.05) is 28.9 Å². The Labute approximate surface area is 182 Å². The highest BCUT2D eigenvalue weighted by molar-refractivity contribution is 6.35. The Hall–Kier alpha value is -3.01. The lowest BCUT2D eigenvalue weighted by Gasteiger charge is -2.17. The molecule has 9 nitrogen and oxygen atoms in total. The Bertz CT molecular complexity index is 919. The summed E-state index contributed by atoms with van der Waals surface area (Å²) < 4.78 is 16.7. The number of hydrogen-bond donors (Lipinski definition) is 2. The molecule has 2 N–H and O–H groups in total. The summed E-state index contributed by atoms with van der Waals surface area (Å²) in [5, 5.41) is 14.8. The minimum absolute atomic E-state index is 0.0723. The molecule has 2 aromatic carbocycles. The first kappa shape index (κ1) is 23.3. The third kappa shape index (κ3) is 7.78. The van der Waals surface area contributed by atoms with Crippen LogP contribution in [0.15, 0.2) is 54.9 Å². The van der Waals surface area contributed by atoms with Gasteiger partial charge in [0.15, 0.2) is 6.79 Å². The molecule has 0 fully saturated rings. The van der Waals surface area contributed by atoms with E-state index in [-0.39, 0.29) is 12.9 Å². The van der Waals surface area contributed by atoms with Gasteiger partial charge in [0.05, 0.1) is 7.11 Å². The van der Waals surface area contributed by atoms with Gasteiger partial charge in [0.1, 0.15) is 23.4 Å². The van der Waals surface area contributed by atoms with Crippen LogP contribution >= 0.6 is 23.2 Å². The van der Waals surface area contributed by atoms with Crippen LogP contribution in [0.4, 0.5) is 0 Å². The number of halogens is 2. The van der Waals surface area contributed by atoms with E-state index in [1.807, 2.05) is 30.3 Å². The van der Waals surface area contributed by atoms with Crippen molar-refractivity contribution in [3.63, 3.8) is 0 Å². The lowest BCUT2D eigenvalue weighted by Crippen LogP contribution is -2.14. The number of ether oxygens (including phenoxy) is 3. The quantitative estimate of drug-likeness (QED) is 0.286. The van der Waals surface area contributed by atoms with Gasteiger partial charge in [0.25, 0.3) is 5.09 Å². The Balaban J connectivity index is 0.000000735. The zero-order valence-corrected chi connectivity index (χ0v) is 17.3. The summed E-state index contributed by atoms with van der Waals surface area (Å²) in [4.78, 5) is 15.7. The fraction of sp³-hybridized carbons (Fsp3) is 0.211. The lowest BCUT2D eigenvalue weighted by atomic mass is 10.1. The van der Waals surface area contributed by atoms with E-state index in [0.717, 1.165) is 11.3 Å². The van der Waals surface area contributed by atoms with E-state index < -0.39 is 5.09 Å². The van der Waals surface area contributed by atoms with E-state index in [9.17, 15) is 0 Å². The zero-order valence-electron chi connectivity index (χ0n) is 15.8. The largest absolute Gasteiger partial charge is 0.497 e. The second kappa shape index (κ2) is 11.9. The fourth-order valence-electron chi connectivity index (χ4n) is 2.43. The zero-order chi connectivity index (χ0) is 21.9. The van der Waals surface area contributed by atoms with Gasteiger partial charge in [-0.1, -0.05) is 29.3 Å². The summed E-state index contributed by atoms with van der Waals surface area (Å²) in [6, 6.07) is 12.7. The van der Waals surface area contributed by atoms with Gasteiger partial charge in [-0.25, -0.2) is 4.98 Å². The number of aromatic amines is 1. The molecule has 160 valence electrons. The molecular weight excluding hydrogens is 437 g/mol. The number of benzene rings is 2. The summed E-state index contributed by atoms with van der Waals surface area (Å²) in [6.07, 6.45) is 3.64. The van der Waals surface area contributed by atoms with Gasteiger partial charge < -0.3 is 24.4 Å². The van der Waals surface area contributed by atoms with E-state index >= 15 is 0 Å². The standard InChI is InChI=1S/C19H18Cl2N2O3.HNO3/c1-24-15-4-6-16(7-5-15)25-12-26-18(19-22-8-9-23-19)10-13-2-3-14(20)11-17(13)21;2-1(3)4/h2-9,11,18H,10,12H2,1H3,(H,22,23);(H,2,3,4). The molecule has 1 aromatic heterocycles. The number of aromatic nitrogens is 2. The highest BCUT2D eigenvalue weighted by Crippen LogP contribution is 2.27. The molecular formula is C19H19Cl2N3O6. The van der Waals surface area contributed by atoms with Crippen LogP contribution in [0.1, 0.15) is 17.5 Å². The van der Waals surface area contributed by atoms with Gasteiger partial charge in [0.2, 0.25) is 0 Å².